The lowest BCUT2D eigenvalue weighted by atomic mass is 10.1. The van der Waals surface area contributed by atoms with Gasteiger partial charge in [-0.15, -0.1) is 0 Å². The molecule has 0 spiro atoms. The van der Waals surface area contributed by atoms with E-state index in [9.17, 15) is 5.11 Å². The minimum Gasteiger partial charge on any atom is -0.392 e. The van der Waals surface area contributed by atoms with Gasteiger partial charge in [0.2, 0.25) is 0 Å². The second-order valence-electron chi connectivity index (χ2n) is 5.70. The van der Waals surface area contributed by atoms with Crippen molar-refractivity contribution in [3.05, 3.63) is 35.0 Å². The Morgan fingerprint density at radius 3 is 3.00 bits per heavy atom. The zero-order valence-corrected chi connectivity index (χ0v) is 12.3. The van der Waals surface area contributed by atoms with Crippen molar-refractivity contribution < 1.29 is 5.11 Å². The lowest BCUT2D eigenvalue weighted by molar-refractivity contribution is 0.119. The lowest BCUT2D eigenvalue weighted by Crippen LogP contribution is -2.38. The molecule has 2 aromatic rings. The fraction of sp³-hybridized carbons (Fsp3) is 0.500. The van der Waals surface area contributed by atoms with Gasteiger partial charge in [0.15, 0.2) is 0 Å². The molecule has 1 saturated carbocycles. The van der Waals surface area contributed by atoms with E-state index in [1.165, 1.54) is 23.8 Å². The molecule has 2 unspecified atom stereocenters. The minimum absolute atomic E-state index is 0.211. The van der Waals surface area contributed by atoms with Crippen LogP contribution in [0.2, 0.25) is 5.02 Å². The van der Waals surface area contributed by atoms with Crippen molar-refractivity contribution in [3.63, 3.8) is 0 Å². The first-order valence-electron chi connectivity index (χ1n) is 7.41. The molecular formula is C16H21ClN2O. The molecule has 4 heteroatoms. The van der Waals surface area contributed by atoms with Gasteiger partial charge in [-0.25, -0.2) is 0 Å². The Morgan fingerprint density at radius 1 is 1.25 bits per heavy atom. The Balaban J connectivity index is 1.70. The molecule has 1 heterocycles. The summed E-state index contributed by atoms with van der Waals surface area (Å²) in [4.78, 5) is 3.25. The maximum absolute atomic E-state index is 10.1. The van der Waals surface area contributed by atoms with Crippen LogP contribution >= 0.6 is 11.6 Å². The van der Waals surface area contributed by atoms with Crippen molar-refractivity contribution in [3.8, 4) is 0 Å². The van der Waals surface area contributed by atoms with E-state index in [1.54, 1.807) is 0 Å². The summed E-state index contributed by atoms with van der Waals surface area (Å²) < 4.78 is 0. The molecule has 0 saturated heterocycles. The first-order valence-corrected chi connectivity index (χ1v) is 7.79. The summed E-state index contributed by atoms with van der Waals surface area (Å²) in [5.74, 6) is 0. The molecule has 1 aromatic carbocycles. The third-order valence-corrected chi connectivity index (χ3v) is 4.50. The predicted octanol–water partition coefficient (Wildman–Crippen LogP) is 3.60. The Labute approximate surface area is 124 Å². The van der Waals surface area contributed by atoms with E-state index in [1.807, 2.05) is 18.3 Å². The molecule has 1 aliphatic carbocycles. The fourth-order valence-corrected chi connectivity index (χ4v) is 3.24. The molecular weight excluding hydrogens is 272 g/mol. The van der Waals surface area contributed by atoms with Gasteiger partial charge in [-0.05, 0) is 30.5 Å². The zero-order valence-electron chi connectivity index (χ0n) is 11.5. The van der Waals surface area contributed by atoms with Crippen molar-refractivity contribution in [2.75, 3.05) is 0 Å². The normalized spacial score (nSPS) is 23.9. The highest BCUT2D eigenvalue weighted by Gasteiger charge is 2.21. The standard InChI is InChI=1S/C16H21ClN2O/c17-12-6-7-13-11(10-19-15(13)8-12)9-18-14-4-2-1-3-5-16(14)20/h6-8,10,14,16,18-20H,1-5,9H2. The van der Waals surface area contributed by atoms with E-state index in [2.05, 4.69) is 16.4 Å². The highest BCUT2D eigenvalue weighted by atomic mass is 35.5. The van der Waals surface area contributed by atoms with Gasteiger partial charge < -0.3 is 15.4 Å². The van der Waals surface area contributed by atoms with Crippen LogP contribution in [-0.4, -0.2) is 22.2 Å². The van der Waals surface area contributed by atoms with Crippen molar-refractivity contribution in [2.24, 2.45) is 0 Å². The molecule has 0 bridgehead atoms. The van der Waals surface area contributed by atoms with E-state index in [0.29, 0.717) is 0 Å². The largest absolute Gasteiger partial charge is 0.392 e. The van der Waals surface area contributed by atoms with Crippen LogP contribution in [0.5, 0.6) is 0 Å². The first-order chi connectivity index (χ1) is 9.74. The van der Waals surface area contributed by atoms with Gasteiger partial charge in [-0.1, -0.05) is 36.9 Å². The summed E-state index contributed by atoms with van der Waals surface area (Å²) in [5, 5.41) is 15.6. The molecule has 0 aliphatic heterocycles. The lowest BCUT2D eigenvalue weighted by Gasteiger charge is -2.21. The number of H-pyrrole nitrogens is 1. The molecule has 2 atom stereocenters. The summed E-state index contributed by atoms with van der Waals surface area (Å²) in [6.07, 6.45) is 7.38. The van der Waals surface area contributed by atoms with E-state index in [0.717, 1.165) is 36.3 Å². The van der Waals surface area contributed by atoms with E-state index in [-0.39, 0.29) is 12.1 Å². The van der Waals surface area contributed by atoms with Gasteiger partial charge in [0.05, 0.1) is 6.10 Å². The Hall–Kier alpha value is -1.03. The van der Waals surface area contributed by atoms with Crippen molar-refractivity contribution >= 4 is 22.5 Å². The maximum Gasteiger partial charge on any atom is 0.0693 e. The third-order valence-electron chi connectivity index (χ3n) is 4.26. The number of fused-ring (bicyclic) bond motifs is 1. The molecule has 1 aromatic heterocycles. The van der Waals surface area contributed by atoms with E-state index < -0.39 is 0 Å². The molecule has 108 valence electrons. The van der Waals surface area contributed by atoms with Crippen LogP contribution in [0.4, 0.5) is 0 Å². The van der Waals surface area contributed by atoms with Gasteiger partial charge >= 0.3 is 0 Å². The van der Waals surface area contributed by atoms with Gasteiger partial charge in [-0.2, -0.15) is 0 Å². The van der Waals surface area contributed by atoms with Gasteiger partial charge in [-0.3, -0.25) is 0 Å². The maximum atomic E-state index is 10.1. The van der Waals surface area contributed by atoms with Crippen LogP contribution < -0.4 is 5.32 Å². The van der Waals surface area contributed by atoms with Crippen LogP contribution in [0.1, 0.15) is 37.7 Å². The average molecular weight is 293 g/mol. The van der Waals surface area contributed by atoms with Crippen molar-refractivity contribution in [1.29, 1.82) is 0 Å². The first kappa shape index (κ1) is 13.9. The number of aromatic nitrogens is 1. The van der Waals surface area contributed by atoms with Crippen LogP contribution in [0.3, 0.4) is 0 Å². The number of hydrogen-bond donors (Lipinski definition) is 3. The van der Waals surface area contributed by atoms with Crippen molar-refractivity contribution in [1.82, 2.24) is 10.3 Å². The highest BCUT2D eigenvalue weighted by Crippen LogP contribution is 2.23. The molecule has 20 heavy (non-hydrogen) atoms. The number of benzene rings is 1. The highest BCUT2D eigenvalue weighted by molar-refractivity contribution is 6.31. The molecule has 3 N–H and O–H groups in total. The molecule has 3 rings (SSSR count). The van der Waals surface area contributed by atoms with Crippen LogP contribution in [0.25, 0.3) is 10.9 Å². The second kappa shape index (κ2) is 6.17. The molecule has 0 radical (unpaired) electrons. The number of halogens is 1. The van der Waals surface area contributed by atoms with Gasteiger partial charge in [0, 0.05) is 34.7 Å². The topological polar surface area (TPSA) is 48.0 Å². The summed E-state index contributed by atoms with van der Waals surface area (Å²) in [5.41, 5.74) is 2.30. The minimum atomic E-state index is -0.211. The predicted molar refractivity (Wildman–Crippen MR) is 83.0 cm³/mol. The number of aromatic amines is 1. The molecule has 3 nitrogen and oxygen atoms in total. The van der Waals surface area contributed by atoms with Crippen LogP contribution in [0.15, 0.2) is 24.4 Å². The van der Waals surface area contributed by atoms with Gasteiger partial charge in [0.25, 0.3) is 0 Å². The number of rotatable bonds is 3. The number of hydrogen-bond acceptors (Lipinski definition) is 2. The number of aliphatic hydroxyl groups is 1. The van der Waals surface area contributed by atoms with Crippen LogP contribution in [0, 0.1) is 0 Å². The second-order valence-corrected chi connectivity index (χ2v) is 6.13. The number of aliphatic hydroxyl groups excluding tert-OH is 1. The van der Waals surface area contributed by atoms with Crippen molar-refractivity contribution in [2.45, 2.75) is 50.8 Å². The Morgan fingerprint density at radius 2 is 2.10 bits per heavy atom. The van der Waals surface area contributed by atoms with Gasteiger partial charge in [0.1, 0.15) is 0 Å². The van der Waals surface area contributed by atoms with E-state index in [4.69, 9.17) is 11.6 Å². The summed E-state index contributed by atoms with van der Waals surface area (Å²) in [6.45, 7) is 0.781. The number of nitrogens with one attached hydrogen (secondary N) is 2. The van der Waals surface area contributed by atoms with Crippen LogP contribution in [-0.2, 0) is 6.54 Å². The quantitative estimate of drug-likeness (QED) is 0.757. The molecule has 1 fully saturated rings. The average Bonchev–Trinajstić information content (AvgIpc) is 2.71. The molecule has 0 amide bonds. The summed E-state index contributed by atoms with van der Waals surface area (Å²) >= 11 is 6.00. The zero-order chi connectivity index (χ0) is 13.9. The van der Waals surface area contributed by atoms with E-state index >= 15 is 0 Å². The smallest absolute Gasteiger partial charge is 0.0693 e. The SMILES string of the molecule is OC1CCCCCC1NCc1c[nH]c2cc(Cl)ccc12. The Kier molecular flexibility index (Phi) is 4.29. The fourth-order valence-electron chi connectivity index (χ4n) is 3.07. The summed E-state index contributed by atoms with van der Waals surface area (Å²) in [6, 6.07) is 6.13. The third kappa shape index (κ3) is 3.00. The monoisotopic (exact) mass is 292 g/mol. The summed E-state index contributed by atoms with van der Waals surface area (Å²) in [7, 11) is 0. The molecule has 1 aliphatic rings. The Bertz CT molecular complexity index is 581.